The molecule has 0 unspecified atom stereocenters. The van der Waals surface area contributed by atoms with Crippen molar-refractivity contribution in [2.45, 2.75) is 39.8 Å². The Balaban J connectivity index is 3.87. The normalized spacial score (nSPS) is 11.3. The van der Waals surface area contributed by atoms with Gasteiger partial charge in [-0.1, -0.05) is 0 Å². The van der Waals surface area contributed by atoms with E-state index in [1.807, 2.05) is 19.0 Å². The number of thiocarbonyl (C=S) groups is 1. The number of hydrogen-bond donors (Lipinski definition) is 0. The molecule has 0 atom stereocenters. The molecule has 0 saturated carbocycles. The van der Waals surface area contributed by atoms with Crippen LogP contribution in [0.4, 0.5) is 0 Å². The molecular formula is C11H24N2OS. The summed E-state index contributed by atoms with van der Waals surface area (Å²) >= 11 is 5.05. The number of hydrogen-bond acceptors (Lipinski definition) is 3. The highest BCUT2D eigenvalue weighted by Gasteiger charge is 2.13. The molecule has 0 radical (unpaired) electrons. The Bertz CT molecular complexity index is 185. The summed E-state index contributed by atoms with van der Waals surface area (Å²) < 4.78 is 5.45. The van der Waals surface area contributed by atoms with Crippen molar-refractivity contribution in [2.24, 2.45) is 0 Å². The van der Waals surface area contributed by atoms with Crippen molar-refractivity contribution in [1.29, 1.82) is 0 Å². The summed E-state index contributed by atoms with van der Waals surface area (Å²) in [6.07, 6.45) is 0. The third-order valence-corrected chi connectivity index (χ3v) is 2.75. The molecule has 0 aliphatic carbocycles. The molecule has 0 aromatic rings. The maximum absolute atomic E-state index is 5.45. The molecule has 90 valence electrons. The smallest absolute Gasteiger partial charge is 0.258 e. The van der Waals surface area contributed by atoms with E-state index in [0.717, 1.165) is 6.54 Å². The lowest BCUT2D eigenvalue weighted by molar-refractivity contribution is 0.133. The zero-order valence-corrected chi connectivity index (χ0v) is 11.6. The van der Waals surface area contributed by atoms with E-state index in [1.165, 1.54) is 0 Å². The van der Waals surface area contributed by atoms with Gasteiger partial charge in [0, 0.05) is 32.7 Å². The monoisotopic (exact) mass is 232 g/mol. The minimum Gasteiger partial charge on any atom is -0.470 e. The Morgan fingerprint density at radius 1 is 1.13 bits per heavy atom. The van der Waals surface area contributed by atoms with Crippen LogP contribution in [0.3, 0.4) is 0 Å². The minimum absolute atomic E-state index is 0.543. The molecule has 0 fully saturated rings. The van der Waals surface area contributed by atoms with Crippen molar-refractivity contribution >= 4 is 17.4 Å². The second-order valence-electron chi connectivity index (χ2n) is 4.43. The van der Waals surface area contributed by atoms with Crippen LogP contribution in [-0.4, -0.2) is 54.3 Å². The van der Waals surface area contributed by atoms with Crippen molar-refractivity contribution in [3.05, 3.63) is 0 Å². The zero-order chi connectivity index (χ0) is 12.0. The van der Waals surface area contributed by atoms with Gasteiger partial charge in [0.05, 0.1) is 0 Å². The lowest BCUT2D eigenvalue weighted by Gasteiger charge is -2.30. The Kier molecular flexibility index (Phi) is 6.85. The van der Waals surface area contributed by atoms with Gasteiger partial charge in [0.1, 0.15) is 6.61 Å². The van der Waals surface area contributed by atoms with E-state index in [1.54, 1.807) is 0 Å². The molecule has 0 bridgehead atoms. The average Bonchev–Trinajstić information content (AvgIpc) is 2.10. The first kappa shape index (κ1) is 14.6. The van der Waals surface area contributed by atoms with Crippen molar-refractivity contribution in [3.63, 3.8) is 0 Å². The summed E-state index contributed by atoms with van der Waals surface area (Å²) in [5.74, 6) is 0. The van der Waals surface area contributed by atoms with Crippen LogP contribution in [0.2, 0.25) is 0 Å². The maximum Gasteiger partial charge on any atom is 0.258 e. The van der Waals surface area contributed by atoms with Gasteiger partial charge in [0.15, 0.2) is 0 Å². The SMILES string of the molecule is CC(C)N(CCOC(=S)N(C)C)C(C)C. The average molecular weight is 232 g/mol. The fraction of sp³-hybridized carbons (Fsp3) is 0.909. The van der Waals surface area contributed by atoms with E-state index < -0.39 is 0 Å². The molecule has 0 saturated heterocycles. The van der Waals surface area contributed by atoms with Gasteiger partial charge < -0.3 is 9.64 Å². The zero-order valence-electron chi connectivity index (χ0n) is 10.8. The van der Waals surface area contributed by atoms with Crippen molar-refractivity contribution in [1.82, 2.24) is 9.80 Å². The van der Waals surface area contributed by atoms with Gasteiger partial charge >= 0.3 is 0 Å². The molecule has 0 heterocycles. The summed E-state index contributed by atoms with van der Waals surface area (Å²) in [4.78, 5) is 4.20. The van der Waals surface area contributed by atoms with Gasteiger partial charge in [-0.25, -0.2) is 0 Å². The maximum atomic E-state index is 5.45. The summed E-state index contributed by atoms with van der Waals surface area (Å²) in [5, 5.41) is 0.558. The molecule has 4 heteroatoms. The number of rotatable bonds is 5. The second-order valence-corrected chi connectivity index (χ2v) is 4.78. The summed E-state index contributed by atoms with van der Waals surface area (Å²) in [5.41, 5.74) is 0. The largest absolute Gasteiger partial charge is 0.470 e. The molecule has 0 aliphatic rings. The van der Waals surface area contributed by atoms with E-state index in [-0.39, 0.29) is 0 Å². The van der Waals surface area contributed by atoms with Gasteiger partial charge in [-0.2, -0.15) is 0 Å². The van der Waals surface area contributed by atoms with E-state index in [2.05, 4.69) is 32.6 Å². The third kappa shape index (κ3) is 5.95. The topological polar surface area (TPSA) is 15.7 Å². The highest BCUT2D eigenvalue weighted by Crippen LogP contribution is 2.04. The summed E-state index contributed by atoms with van der Waals surface area (Å²) in [6.45, 7) is 10.4. The summed E-state index contributed by atoms with van der Waals surface area (Å²) in [7, 11) is 3.79. The Morgan fingerprint density at radius 2 is 1.60 bits per heavy atom. The molecule has 0 aliphatic heterocycles. The fourth-order valence-electron chi connectivity index (χ4n) is 1.48. The first-order chi connectivity index (χ1) is 6.86. The van der Waals surface area contributed by atoms with Crippen molar-refractivity contribution in [3.8, 4) is 0 Å². The predicted octanol–water partition coefficient (Wildman–Crippen LogP) is 1.97. The van der Waals surface area contributed by atoms with Gasteiger partial charge in [0.25, 0.3) is 5.17 Å². The lowest BCUT2D eigenvalue weighted by atomic mass is 10.2. The van der Waals surface area contributed by atoms with E-state index in [0.29, 0.717) is 23.9 Å². The first-order valence-corrected chi connectivity index (χ1v) is 5.87. The fourth-order valence-corrected chi connectivity index (χ4v) is 1.56. The van der Waals surface area contributed by atoms with Crippen LogP contribution < -0.4 is 0 Å². The molecule has 0 N–H and O–H groups in total. The van der Waals surface area contributed by atoms with Gasteiger partial charge in [-0.05, 0) is 39.9 Å². The Hall–Kier alpha value is -0.350. The van der Waals surface area contributed by atoms with Gasteiger partial charge in [-0.3, -0.25) is 4.90 Å². The number of nitrogens with zero attached hydrogens (tertiary/aromatic N) is 2. The third-order valence-electron chi connectivity index (χ3n) is 2.27. The predicted molar refractivity (Wildman–Crippen MR) is 69.2 cm³/mol. The molecular weight excluding hydrogens is 208 g/mol. The quantitative estimate of drug-likeness (QED) is 0.673. The second kappa shape index (κ2) is 7.01. The molecule has 0 aromatic heterocycles. The molecule has 15 heavy (non-hydrogen) atoms. The van der Waals surface area contributed by atoms with Crippen LogP contribution >= 0.6 is 12.2 Å². The lowest BCUT2D eigenvalue weighted by Crippen LogP contribution is -2.40. The van der Waals surface area contributed by atoms with Crippen molar-refractivity contribution < 1.29 is 4.74 Å². The van der Waals surface area contributed by atoms with E-state index >= 15 is 0 Å². The highest BCUT2D eigenvalue weighted by molar-refractivity contribution is 7.80. The molecule has 0 amide bonds. The molecule has 3 nitrogen and oxygen atoms in total. The first-order valence-electron chi connectivity index (χ1n) is 5.46. The number of ether oxygens (including phenoxy) is 1. The Labute approximate surface area is 99.4 Å². The van der Waals surface area contributed by atoms with Gasteiger partial charge in [-0.15, -0.1) is 0 Å². The highest BCUT2D eigenvalue weighted by atomic mass is 32.1. The van der Waals surface area contributed by atoms with E-state index in [9.17, 15) is 0 Å². The van der Waals surface area contributed by atoms with Crippen LogP contribution in [-0.2, 0) is 4.74 Å². The van der Waals surface area contributed by atoms with Crippen LogP contribution in [0.15, 0.2) is 0 Å². The molecule has 0 rings (SSSR count). The van der Waals surface area contributed by atoms with Crippen LogP contribution in [0.1, 0.15) is 27.7 Å². The minimum atomic E-state index is 0.543. The summed E-state index contributed by atoms with van der Waals surface area (Å²) in [6, 6.07) is 1.09. The van der Waals surface area contributed by atoms with Gasteiger partial charge in [0.2, 0.25) is 0 Å². The van der Waals surface area contributed by atoms with Crippen LogP contribution in [0.5, 0.6) is 0 Å². The van der Waals surface area contributed by atoms with E-state index in [4.69, 9.17) is 17.0 Å². The standard InChI is InChI=1S/C11H24N2OS/c1-9(2)13(10(3)4)7-8-14-11(15)12(5)6/h9-10H,7-8H2,1-6H3. The van der Waals surface area contributed by atoms with Crippen LogP contribution in [0.25, 0.3) is 0 Å². The van der Waals surface area contributed by atoms with Crippen LogP contribution in [0, 0.1) is 0 Å². The molecule has 0 spiro atoms. The van der Waals surface area contributed by atoms with Crippen molar-refractivity contribution in [2.75, 3.05) is 27.2 Å². The molecule has 0 aromatic carbocycles. The Morgan fingerprint density at radius 3 is 1.93 bits per heavy atom.